The van der Waals surface area contributed by atoms with E-state index >= 15 is 0 Å². The summed E-state index contributed by atoms with van der Waals surface area (Å²) >= 11 is 3.49. The van der Waals surface area contributed by atoms with E-state index in [0.717, 1.165) is 33.6 Å². The second-order valence-electron chi connectivity index (χ2n) is 6.09. The molecule has 0 saturated carbocycles. The number of hydrogen-bond acceptors (Lipinski definition) is 2. The molecule has 3 nitrogen and oxygen atoms in total. The highest BCUT2D eigenvalue weighted by Gasteiger charge is 2.25. The monoisotopic (exact) mass is 367 g/mol. The fourth-order valence-corrected chi connectivity index (χ4v) is 3.72. The highest BCUT2D eigenvalue weighted by molar-refractivity contribution is 9.10. The summed E-state index contributed by atoms with van der Waals surface area (Å²) in [5, 5.41) is 0. The molecule has 0 aliphatic carbocycles. The van der Waals surface area contributed by atoms with E-state index in [4.69, 9.17) is 9.98 Å². The van der Waals surface area contributed by atoms with Crippen LogP contribution in [0, 0.1) is 5.92 Å². The van der Waals surface area contributed by atoms with Crippen molar-refractivity contribution < 1.29 is 0 Å². The molecule has 0 N–H and O–H groups in total. The molecule has 4 heteroatoms. The average Bonchev–Trinajstić information content (AvgIpc) is 2.86. The molecule has 0 fully saturated rings. The molecule has 0 unspecified atom stereocenters. The lowest BCUT2D eigenvalue weighted by molar-refractivity contribution is 0.551. The predicted octanol–water partition coefficient (Wildman–Crippen LogP) is 5.61. The average molecular weight is 368 g/mol. The van der Waals surface area contributed by atoms with Gasteiger partial charge in [0, 0.05) is 27.9 Å². The Labute approximate surface area is 144 Å². The van der Waals surface area contributed by atoms with Crippen molar-refractivity contribution in [2.24, 2.45) is 10.9 Å². The zero-order valence-electron chi connectivity index (χ0n) is 13.2. The summed E-state index contributed by atoms with van der Waals surface area (Å²) in [5.41, 5.74) is 4.32. The molecule has 1 aliphatic rings. The predicted molar refractivity (Wildman–Crippen MR) is 98.7 cm³/mol. The van der Waals surface area contributed by atoms with E-state index in [-0.39, 0.29) is 0 Å². The summed E-state index contributed by atoms with van der Waals surface area (Å²) in [4.78, 5) is 9.66. The van der Waals surface area contributed by atoms with Crippen LogP contribution in [0.1, 0.15) is 31.9 Å². The molecule has 0 spiro atoms. The van der Waals surface area contributed by atoms with E-state index in [0.29, 0.717) is 11.8 Å². The first-order valence-electron chi connectivity index (χ1n) is 8.00. The van der Waals surface area contributed by atoms with Gasteiger partial charge in [-0.15, -0.1) is 0 Å². The molecular formula is C19H18BrN3. The van der Waals surface area contributed by atoms with Gasteiger partial charge in [0.05, 0.1) is 0 Å². The molecular weight excluding hydrogens is 350 g/mol. The van der Waals surface area contributed by atoms with Gasteiger partial charge in [0.25, 0.3) is 0 Å². The molecule has 2 aromatic heterocycles. The Bertz CT molecular complexity index is 893. The summed E-state index contributed by atoms with van der Waals surface area (Å²) in [7, 11) is 0. The fourth-order valence-electron chi connectivity index (χ4n) is 3.45. The molecule has 2 atom stereocenters. The van der Waals surface area contributed by atoms with Crippen LogP contribution >= 0.6 is 15.9 Å². The van der Waals surface area contributed by atoms with E-state index < -0.39 is 0 Å². The van der Waals surface area contributed by atoms with Crippen LogP contribution < -0.4 is 0 Å². The van der Waals surface area contributed by atoms with E-state index in [1.54, 1.807) is 0 Å². The van der Waals surface area contributed by atoms with Crippen molar-refractivity contribution in [3.63, 3.8) is 0 Å². The van der Waals surface area contributed by atoms with E-state index in [9.17, 15) is 0 Å². The van der Waals surface area contributed by atoms with Crippen molar-refractivity contribution >= 4 is 33.6 Å². The lowest BCUT2D eigenvalue weighted by Crippen LogP contribution is -2.11. The Morgan fingerprint density at radius 3 is 2.65 bits per heavy atom. The number of imidazole rings is 1. The second-order valence-corrected chi connectivity index (χ2v) is 7.00. The number of pyridine rings is 1. The molecule has 116 valence electrons. The number of rotatable bonds is 2. The molecule has 0 amide bonds. The van der Waals surface area contributed by atoms with Crippen LogP contribution in [0.5, 0.6) is 0 Å². The van der Waals surface area contributed by atoms with Crippen LogP contribution in [0.4, 0.5) is 5.82 Å². The topological polar surface area (TPSA) is 29.7 Å². The van der Waals surface area contributed by atoms with Crippen molar-refractivity contribution in [2.45, 2.75) is 26.2 Å². The van der Waals surface area contributed by atoms with Crippen LogP contribution in [0.3, 0.4) is 0 Å². The van der Waals surface area contributed by atoms with E-state index in [1.165, 1.54) is 5.69 Å². The SMILES string of the molecule is CC[C@@H]1c2cccc3nc(-c4ccc(Br)cc4)c(n23)N=C[C@@H]1C. The Morgan fingerprint density at radius 1 is 1.13 bits per heavy atom. The molecule has 1 aromatic carbocycles. The number of nitrogens with zero attached hydrogens (tertiary/aromatic N) is 3. The number of aromatic nitrogens is 2. The van der Waals surface area contributed by atoms with Crippen LogP contribution in [-0.4, -0.2) is 15.6 Å². The summed E-state index contributed by atoms with van der Waals surface area (Å²) in [5.74, 6) is 1.83. The lowest BCUT2D eigenvalue weighted by atomic mass is 9.89. The van der Waals surface area contributed by atoms with E-state index in [2.05, 4.69) is 70.7 Å². The Balaban J connectivity index is 2.02. The molecule has 4 rings (SSSR count). The number of benzene rings is 1. The quantitative estimate of drug-likeness (QED) is 0.578. The van der Waals surface area contributed by atoms with Crippen LogP contribution in [-0.2, 0) is 0 Å². The van der Waals surface area contributed by atoms with Crippen molar-refractivity contribution in [2.75, 3.05) is 0 Å². The molecule has 3 aromatic rings. The fraction of sp³-hybridized carbons (Fsp3) is 0.263. The number of halogens is 1. The summed E-state index contributed by atoms with van der Waals surface area (Å²) < 4.78 is 3.30. The first kappa shape index (κ1) is 14.6. The Kier molecular flexibility index (Phi) is 3.57. The minimum atomic E-state index is 0.420. The van der Waals surface area contributed by atoms with Gasteiger partial charge in [-0.05, 0) is 36.6 Å². The minimum absolute atomic E-state index is 0.420. The van der Waals surface area contributed by atoms with Gasteiger partial charge in [-0.3, -0.25) is 4.40 Å². The van der Waals surface area contributed by atoms with Gasteiger partial charge in [0.1, 0.15) is 11.3 Å². The highest BCUT2D eigenvalue weighted by Crippen LogP contribution is 2.38. The minimum Gasteiger partial charge on any atom is -0.281 e. The van der Waals surface area contributed by atoms with Crippen molar-refractivity contribution in [3.05, 3.63) is 52.6 Å². The standard InChI is InChI=1S/C19H18BrN3/c1-3-15-12(2)11-21-19-18(13-7-9-14(20)10-8-13)22-17-6-4-5-16(15)23(17)19/h4-12,15H,3H2,1-2H3/t12-,15-/m0/s1. The maximum atomic E-state index is 4.85. The van der Waals surface area contributed by atoms with Gasteiger partial charge in [-0.2, -0.15) is 0 Å². The smallest absolute Gasteiger partial charge is 0.165 e. The largest absolute Gasteiger partial charge is 0.281 e. The van der Waals surface area contributed by atoms with Gasteiger partial charge in [-0.1, -0.05) is 48.0 Å². The third-order valence-corrected chi connectivity index (χ3v) is 5.18. The van der Waals surface area contributed by atoms with Gasteiger partial charge in [-0.25, -0.2) is 9.98 Å². The van der Waals surface area contributed by atoms with Crippen LogP contribution in [0.2, 0.25) is 0 Å². The first-order chi connectivity index (χ1) is 11.2. The summed E-state index contributed by atoms with van der Waals surface area (Å²) in [6.45, 7) is 4.49. The maximum Gasteiger partial charge on any atom is 0.165 e. The second kappa shape index (κ2) is 5.60. The normalized spacial score (nSPS) is 20.0. The zero-order chi connectivity index (χ0) is 16.0. The highest BCUT2D eigenvalue weighted by atomic mass is 79.9. The molecule has 3 heterocycles. The van der Waals surface area contributed by atoms with Gasteiger partial charge < -0.3 is 0 Å². The third kappa shape index (κ3) is 2.32. The maximum absolute atomic E-state index is 4.85. The Morgan fingerprint density at radius 2 is 1.91 bits per heavy atom. The lowest BCUT2D eigenvalue weighted by Gasteiger charge is -2.19. The van der Waals surface area contributed by atoms with Crippen LogP contribution in [0.25, 0.3) is 16.9 Å². The van der Waals surface area contributed by atoms with Crippen molar-refractivity contribution in [1.82, 2.24) is 9.38 Å². The van der Waals surface area contributed by atoms with Gasteiger partial charge in [0.15, 0.2) is 5.82 Å². The van der Waals surface area contributed by atoms with Crippen molar-refractivity contribution in [1.29, 1.82) is 0 Å². The molecule has 0 bridgehead atoms. The third-order valence-electron chi connectivity index (χ3n) is 4.65. The van der Waals surface area contributed by atoms with Crippen molar-refractivity contribution in [3.8, 4) is 11.3 Å². The Hall–Kier alpha value is -1.94. The van der Waals surface area contributed by atoms with Gasteiger partial charge in [0.2, 0.25) is 0 Å². The molecule has 0 saturated heterocycles. The van der Waals surface area contributed by atoms with Crippen LogP contribution in [0.15, 0.2) is 51.9 Å². The summed E-state index contributed by atoms with van der Waals surface area (Å²) in [6, 6.07) is 14.6. The summed E-state index contributed by atoms with van der Waals surface area (Å²) in [6.07, 6.45) is 3.18. The molecule has 23 heavy (non-hydrogen) atoms. The zero-order valence-corrected chi connectivity index (χ0v) is 14.8. The van der Waals surface area contributed by atoms with E-state index in [1.807, 2.05) is 12.1 Å². The first-order valence-corrected chi connectivity index (χ1v) is 8.80. The number of aliphatic imine (C=N–C) groups is 1. The number of hydrogen-bond donors (Lipinski definition) is 0. The molecule has 0 radical (unpaired) electrons. The van der Waals surface area contributed by atoms with Gasteiger partial charge >= 0.3 is 0 Å². The molecule has 1 aliphatic heterocycles.